The van der Waals surface area contributed by atoms with Crippen molar-refractivity contribution in [1.82, 2.24) is 23.7 Å². The van der Waals surface area contributed by atoms with E-state index in [2.05, 4.69) is 9.97 Å². The number of likely N-dealkylation sites (tertiary alicyclic amines) is 1. The number of sulfonamides is 1. The normalized spacial score (nSPS) is 18.0. The quantitative estimate of drug-likeness (QED) is 0.822. The van der Waals surface area contributed by atoms with E-state index < -0.39 is 10.0 Å². The number of hydrogen-bond donors (Lipinski definition) is 1. The number of carbonyl (C=O) groups excluding carboxylic acids is 1. The summed E-state index contributed by atoms with van der Waals surface area (Å²) in [5.74, 6) is 0.565. The molecule has 8 nitrogen and oxygen atoms in total. The van der Waals surface area contributed by atoms with E-state index >= 15 is 0 Å². The summed E-state index contributed by atoms with van der Waals surface area (Å²) >= 11 is 0. The number of aryl methyl sites for hydroxylation is 1. The minimum absolute atomic E-state index is 0.00401. The Morgan fingerprint density at radius 2 is 2.08 bits per heavy atom. The minimum Gasteiger partial charge on any atom is -0.356 e. The third-order valence-corrected chi connectivity index (χ3v) is 6.94. The molecule has 2 aliphatic rings. The van der Waals surface area contributed by atoms with E-state index in [9.17, 15) is 13.2 Å². The van der Waals surface area contributed by atoms with Gasteiger partial charge in [-0.15, -0.1) is 0 Å². The van der Waals surface area contributed by atoms with Gasteiger partial charge in [0, 0.05) is 44.8 Å². The van der Waals surface area contributed by atoms with Crippen LogP contribution in [0.1, 0.15) is 42.0 Å². The Bertz CT molecular complexity index is 906. The SMILES string of the molecule is Cn1ccnc1CN(C1CC1)S(=O)(=O)c1c[nH]c(C(=O)N2CCCC2)c1. The maximum Gasteiger partial charge on any atom is 0.270 e. The predicted octanol–water partition coefficient (Wildman–Crippen LogP) is 1.34. The summed E-state index contributed by atoms with van der Waals surface area (Å²) in [6.07, 6.45) is 8.59. The van der Waals surface area contributed by atoms with Crippen LogP contribution in [0.5, 0.6) is 0 Å². The second-order valence-corrected chi connectivity index (χ2v) is 8.87. The van der Waals surface area contributed by atoms with Crippen molar-refractivity contribution in [3.8, 4) is 0 Å². The third-order valence-electron chi connectivity index (χ3n) is 5.06. The summed E-state index contributed by atoms with van der Waals surface area (Å²) < 4.78 is 29.6. The van der Waals surface area contributed by atoms with Crippen LogP contribution in [-0.2, 0) is 23.6 Å². The zero-order valence-electron chi connectivity index (χ0n) is 14.8. The molecule has 1 N–H and O–H groups in total. The first-order chi connectivity index (χ1) is 12.5. The van der Waals surface area contributed by atoms with Crippen LogP contribution in [0.15, 0.2) is 29.6 Å². The highest BCUT2D eigenvalue weighted by molar-refractivity contribution is 7.89. The summed E-state index contributed by atoms with van der Waals surface area (Å²) in [6.45, 7) is 1.69. The van der Waals surface area contributed by atoms with Crippen molar-refractivity contribution in [1.29, 1.82) is 0 Å². The van der Waals surface area contributed by atoms with E-state index in [1.165, 1.54) is 16.6 Å². The molecule has 1 saturated carbocycles. The maximum atomic E-state index is 13.2. The third kappa shape index (κ3) is 3.16. The van der Waals surface area contributed by atoms with Crippen molar-refractivity contribution in [2.75, 3.05) is 13.1 Å². The van der Waals surface area contributed by atoms with Gasteiger partial charge < -0.3 is 14.5 Å². The van der Waals surface area contributed by atoms with Gasteiger partial charge in [-0.05, 0) is 31.7 Å². The Hall–Kier alpha value is -2.13. The number of rotatable bonds is 6. The highest BCUT2D eigenvalue weighted by Crippen LogP contribution is 2.33. The van der Waals surface area contributed by atoms with Crippen LogP contribution >= 0.6 is 0 Å². The summed E-state index contributed by atoms with van der Waals surface area (Å²) in [5, 5.41) is 0. The van der Waals surface area contributed by atoms with Crippen LogP contribution in [0.25, 0.3) is 0 Å². The molecule has 1 saturated heterocycles. The van der Waals surface area contributed by atoms with Gasteiger partial charge in [0.15, 0.2) is 0 Å². The van der Waals surface area contributed by atoms with Crippen LogP contribution in [0, 0.1) is 0 Å². The molecule has 0 unspecified atom stereocenters. The van der Waals surface area contributed by atoms with Gasteiger partial charge in [-0.1, -0.05) is 0 Å². The molecule has 1 amide bonds. The standard InChI is InChI=1S/C17H23N5O3S/c1-20-9-6-18-16(20)12-22(13-4-5-13)26(24,25)14-10-15(19-11-14)17(23)21-7-2-3-8-21/h6,9-11,13,19H,2-5,7-8,12H2,1H3. The largest absolute Gasteiger partial charge is 0.356 e. The average Bonchev–Trinajstić information content (AvgIpc) is 3.06. The molecule has 0 aromatic carbocycles. The van der Waals surface area contributed by atoms with Crippen molar-refractivity contribution in [3.63, 3.8) is 0 Å². The first-order valence-corrected chi connectivity index (χ1v) is 10.4. The molecule has 9 heteroatoms. The van der Waals surface area contributed by atoms with Gasteiger partial charge in [-0.25, -0.2) is 13.4 Å². The lowest BCUT2D eigenvalue weighted by atomic mass is 10.4. The van der Waals surface area contributed by atoms with Gasteiger partial charge >= 0.3 is 0 Å². The van der Waals surface area contributed by atoms with E-state index in [1.807, 2.05) is 11.6 Å². The minimum atomic E-state index is -3.69. The lowest BCUT2D eigenvalue weighted by molar-refractivity contribution is 0.0787. The van der Waals surface area contributed by atoms with E-state index in [0.29, 0.717) is 11.5 Å². The number of hydrogen-bond acceptors (Lipinski definition) is 4. The second-order valence-electron chi connectivity index (χ2n) is 6.98. The van der Waals surface area contributed by atoms with Crippen LogP contribution in [0.2, 0.25) is 0 Å². The molecule has 0 atom stereocenters. The molecule has 2 aromatic rings. The number of amides is 1. The van der Waals surface area contributed by atoms with Gasteiger partial charge in [0.1, 0.15) is 16.4 Å². The highest BCUT2D eigenvalue weighted by atomic mass is 32.2. The molecule has 1 aliphatic carbocycles. The topological polar surface area (TPSA) is 91.3 Å². The van der Waals surface area contributed by atoms with Gasteiger partial charge in [-0.3, -0.25) is 4.79 Å². The van der Waals surface area contributed by atoms with E-state index in [1.54, 1.807) is 17.3 Å². The Kier molecular flexibility index (Phi) is 4.36. The highest BCUT2D eigenvalue weighted by Gasteiger charge is 2.39. The number of carbonyl (C=O) groups is 1. The van der Waals surface area contributed by atoms with Gasteiger partial charge in [0.25, 0.3) is 5.91 Å². The lowest BCUT2D eigenvalue weighted by Crippen LogP contribution is -2.33. The predicted molar refractivity (Wildman–Crippen MR) is 94.9 cm³/mol. The number of imidazole rings is 1. The summed E-state index contributed by atoms with van der Waals surface area (Å²) in [7, 11) is -1.84. The van der Waals surface area contributed by atoms with Crippen molar-refractivity contribution >= 4 is 15.9 Å². The van der Waals surface area contributed by atoms with Crippen LogP contribution in [-0.4, -0.2) is 57.2 Å². The number of nitrogens with zero attached hydrogens (tertiary/aromatic N) is 4. The Morgan fingerprint density at radius 3 is 2.69 bits per heavy atom. The Balaban J connectivity index is 1.58. The number of H-pyrrole nitrogens is 1. The molecule has 3 heterocycles. The Labute approximate surface area is 152 Å². The molecule has 2 fully saturated rings. The molecule has 1 aliphatic heterocycles. The molecule has 0 radical (unpaired) electrons. The van der Waals surface area contributed by atoms with Crippen molar-refractivity contribution < 1.29 is 13.2 Å². The van der Waals surface area contributed by atoms with E-state index in [0.717, 1.165) is 38.8 Å². The first-order valence-electron chi connectivity index (χ1n) is 8.92. The number of nitrogens with one attached hydrogen (secondary N) is 1. The number of aromatic amines is 1. The first kappa shape index (κ1) is 17.3. The van der Waals surface area contributed by atoms with Gasteiger partial charge in [0.05, 0.1) is 6.54 Å². The zero-order chi connectivity index (χ0) is 18.3. The summed E-state index contributed by atoms with van der Waals surface area (Å²) in [4.78, 5) is 21.5. The Morgan fingerprint density at radius 1 is 1.35 bits per heavy atom. The van der Waals surface area contributed by atoms with Gasteiger partial charge in [-0.2, -0.15) is 4.31 Å². The molecule has 0 spiro atoms. The molecular formula is C17H23N5O3S. The molecule has 2 aromatic heterocycles. The van der Waals surface area contributed by atoms with Gasteiger partial charge in [0.2, 0.25) is 10.0 Å². The van der Waals surface area contributed by atoms with Crippen molar-refractivity contribution in [3.05, 3.63) is 36.2 Å². The van der Waals surface area contributed by atoms with Crippen LogP contribution < -0.4 is 0 Å². The second kappa shape index (κ2) is 6.55. The van der Waals surface area contributed by atoms with Crippen molar-refractivity contribution in [2.24, 2.45) is 7.05 Å². The smallest absolute Gasteiger partial charge is 0.270 e. The molecular weight excluding hydrogens is 354 g/mol. The van der Waals surface area contributed by atoms with Crippen LogP contribution in [0.4, 0.5) is 0 Å². The fourth-order valence-electron chi connectivity index (χ4n) is 3.33. The molecule has 0 bridgehead atoms. The van der Waals surface area contributed by atoms with E-state index in [-0.39, 0.29) is 23.4 Å². The average molecular weight is 377 g/mol. The monoisotopic (exact) mass is 377 g/mol. The van der Waals surface area contributed by atoms with Crippen LogP contribution in [0.3, 0.4) is 0 Å². The molecule has 4 rings (SSSR count). The molecule has 140 valence electrons. The zero-order valence-corrected chi connectivity index (χ0v) is 15.6. The summed E-state index contributed by atoms with van der Waals surface area (Å²) in [6, 6.07) is 1.47. The maximum absolute atomic E-state index is 13.2. The summed E-state index contributed by atoms with van der Waals surface area (Å²) in [5.41, 5.74) is 0.332. The lowest BCUT2D eigenvalue weighted by Gasteiger charge is -2.20. The fraction of sp³-hybridized carbons (Fsp3) is 0.529. The fourth-order valence-corrected chi connectivity index (χ4v) is 4.97. The molecule has 26 heavy (non-hydrogen) atoms. The van der Waals surface area contributed by atoms with E-state index in [4.69, 9.17) is 0 Å². The van der Waals surface area contributed by atoms with Crippen molar-refractivity contribution in [2.45, 2.75) is 43.2 Å². The number of aromatic nitrogens is 3.